The van der Waals surface area contributed by atoms with E-state index in [4.69, 9.17) is 4.74 Å². The van der Waals surface area contributed by atoms with E-state index in [-0.39, 0.29) is 28.4 Å². The summed E-state index contributed by atoms with van der Waals surface area (Å²) in [6.45, 7) is 0. The zero-order valence-electron chi connectivity index (χ0n) is 20.3. The van der Waals surface area contributed by atoms with E-state index < -0.39 is 22.6 Å². The number of rotatable bonds is 7. The standard InChI is InChI=1S/C28H22F3N3O4/c1-33(2)24-14-10-20(16-25(24)34(36)37)27(35)32-23-17-21(28(29,30)31)11-15-26(23)38-22-12-8-19(9-13-22)18-6-4-3-5-7-18/h3-17H,1-2H3,(H,32,35). The molecule has 38 heavy (non-hydrogen) atoms. The summed E-state index contributed by atoms with van der Waals surface area (Å²) in [4.78, 5) is 25.3. The first kappa shape index (κ1) is 26.2. The Labute approximate surface area is 216 Å². The lowest BCUT2D eigenvalue weighted by molar-refractivity contribution is -0.384. The van der Waals surface area contributed by atoms with E-state index in [0.29, 0.717) is 5.75 Å². The van der Waals surface area contributed by atoms with Gasteiger partial charge in [0.2, 0.25) is 0 Å². The van der Waals surface area contributed by atoms with E-state index in [1.54, 1.807) is 38.4 Å². The van der Waals surface area contributed by atoms with Crippen molar-refractivity contribution in [1.82, 2.24) is 0 Å². The maximum atomic E-state index is 13.4. The van der Waals surface area contributed by atoms with Gasteiger partial charge in [-0.3, -0.25) is 14.9 Å². The average Bonchev–Trinajstić information content (AvgIpc) is 2.89. The van der Waals surface area contributed by atoms with Crippen molar-refractivity contribution in [3.05, 3.63) is 112 Å². The second-order valence-corrected chi connectivity index (χ2v) is 8.51. The summed E-state index contributed by atoms with van der Waals surface area (Å²) in [7, 11) is 3.22. The second-order valence-electron chi connectivity index (χ2n) is 8.51. The number of benzene rings is 4. The van der Waals surface area contributed by atoms with Crippen molar-refractivity contribution in [1.29, 1.82) is 0 Å². The number of alkyl halides is 3. The summed E-state index contributed by atoms with van der Waals surface area (Å²) in [5.74, 6) is -0.522. The number of nitro benzene ring substituents is 1. The zero-order valence-corrected chi connectivity index (χ0v) is 20.3. The highest BCUT2D eigenvalue weighted by Gasteiger charge is 2.31. The Bertz CT molecular complexity index is 1470. The Morgan fingerprint density at radius 2 is 1.55 bits per heavy atom. The number of anilines is 2. The van der Waals surface area contributed by atoms with Crippen LogP contribution in [0, 0.1) is 10.1 Å². The largest absolute Gasteiger partial charge is 0.455 e. The maximum absolute atomic E-state index is 13.4. The van der Waals surface area contributed by atoms with Crippen molar-refractivity contribution >= 4 is 23.0 Å². The van der Waals surface area contributed by atoms with Crippen molar-refractivity contribution in [2.75, 3.05) is 24.3 Å². The van der Waals surface area contributed by atoms with Crippen molar-refractivity contribution in [2.45, 2.75) is 6.18 Å². The number of halogens is 3. The minimum absolute atomic E-state index is 0.0294. The number of carbonyl (C=O) groups excluding carboxylic acids is 1. The first-order valence-corrected chi connectivity index (χ1v) is 11.3. The second kappa shape index (κ2) is 10.6. The predicted molar refractivity (Wildman–Crippen MR) is 139 cm³/mol. The lowest BCUT2D eigenvalue weighted by Gasteiger charge is -2.16. The van der Waals surface area contributed by atoms with Gasteiger partial charge in [0, 0.05) is 25.7 Å². The van der Waals surface area contributed by atoms with Gasteiger partial charge in [0.15, 0.2) is 5.75 Å². The van der Waals surface area contributed by atoms with Gasteiger partial charge in [-0.05, 0) is 53.6 Å². The molecule has 0 unspecified atom stereocenters. The average molecular weight is 521 g/mol. The van der Waals surface area contributed by atoms with Crippen LogP contribution in [0.4, 0.5) is 30.2 Å². The third-order valence-corrected chi connectivity index (χ3v) is 5.66. The van der Waals surface area contributed by atoms with Crippen LogP contribution in [0.5, 0.6) is 11.5 Å². The van der Waals surface area contributed by atoms with Crippen molar-refractivity contribution in [3.63, 3.8) is 0 Å². The molecule has 0 saturated heterocycles. The van der Waals surface area contributed by atoms with Gasteiger partial charge in [-0.2, -0.15) is 13.2 Å². The first-order valence-electron chi connectivity index (χ1n) is 11.3. The molecule has 4 aromatic rings. The smallest absolute Gasteiger partial charge is 0.416 e. The van der Waals surface area contributed by atoms with Crippen LogP contribution in [0.15, 0.2) is 91.0 Å². The number of nitro groups is 1. The summed E-state index contributed by atoms with van der Waals surface area (Å²) in [5.41, 5.74) is 0.524. The minimum atomic E-state index is -4.67. The molecule has 0 radical (unpaired) electrons. The van der Waals surface area contributed by atoms with Gasteiger partial charge in [-0.1, -0.05) is 42.5 Å². The molecular weight excluding hydrogens is 499 g/mol. The van der Waals surface area contributed by atoms with Gasteiger partial charge in [-0.25, -0.2) is 0 Å². The fourth-order valence-electron chi connectivity index (χ4n) is 3.75. The Kier molecular flexibility index (Phi) is 7.33. The Balaban J connectivity index is 1.64. The molecular formula is C28H22F3N3O4. The first-order chi connectivity index (χ1) is 18.0. The van der Waals surface area contributed by atoms with Crippen LogP contribution in [-0.4, -0.2) is 24.9 Å². The summed E-state index contributed by atoms with van der Waals surface area (Å²) >= 11 is 0. The molecule has 0 aliphatic heterocycles. The molecule has 0 aromatic heterocycles. The molecule has 4 aromatic carbocycles. The zero-order chi connectivity index (χ0) is 27.4. The van der Waals surface area contributed by atoms with Crippen molar-refractivity contribution in [2.24, 2.45) is 0 Å². The van der Waals surface area contributed by atoms with E-state index in [9.17, 15) is 28.1 Å². The molecule has 7 nitrogen and oxygen atoms in total. The maximum Gasteiger partial charge on any atom is 0.416 e. The predicted octanol–water partition coefficient (Wildman–Crippen LogP) is 7.39. The topological polar surface area (TPSA) is 84.7 Å². The van der Waals surface area contributed by atoms with Gasteiger partial charge in [0.25, 0.3) is 11.6 Å². The minimum Gasteiger partial charge on any atom is -0.455 e. The molecule has 10 heteroatoms. The molecule has 1 amide bonds. The molecule has 0 heterocycles. The molecule has 194 valence electrons. The fourth-order valence-corrected chi connectivity index (χ4v) is 3.75. The molecule has 0 atom stereocenters. The summed E-state index contributed by atoms with van der Waals surface area (Å²) in [6.07, 6.45) is -4.67. The molecule has 1 N–H and O–H groups in total. The van der Waals surface area contributed by atoms with Crippen LogP contribution in [0.1, 0.15) is 15.9 Å². The number of ether oxygens (including phenoxy) is 1. The number of nitrogens with one attached hydrogen (secondary N) is 1. The van der Waals surface area contributed by atoms with Crippen LogP contribution >= 0.6 is 0 Å². The molecule has 0 spiro atoms. The van der Waals surface area contributed by atoms with Gasteiger partial charge in [-0.15, -0.1) is 0 Å². The third-order valence-electron chi connectivity index (χ3n) is 5.66. The quantitative estimate of drug-likeness (QED) is 0.202. The van der Waals surface area contributed by atoms with E-state index >= 15 is 0 Å². The SMILES string of the molecule is CN(C)c1ccc(C(=O)Nc2cc(C(F)(F)F)ccc2Oc2ccc(-c3ccccc3)cc2)cc1[N+](=O)[O-]. The van der Waals surface area contributed by atoms with Crippen molar-refractivity contribution < 1.29 is 27.6 Å². The molecule has 0 bridgehead atoms. The molecule has 4 rings (SSSR count). The Hall–Kier alpha value is -4.86. The molecule has 0 aliphatic rings. The number of carbonyl (C=O) groups is 1. The lowest BCUT2D eigenvalue weighted by Crippen LogP contribution is -2.16. The van der Waals surface area contributed by atoms with E-state index in [1.165, 1.54) is 17.0 Å². The van der Waals surface area contributed by atoms with E-state index in [1.807, 2.05) is 30.3 Å². The molecule has 0 aliphatic carbocycles. The Morgan fingerprint density at radius 3 is 2.16 bits per heavy atom. The van der Waals surface area contributed by atoms with Crippen LogP contribution in [-0.2, 0) is 6.18 Å². The lowest BCUT2D eigenvalue weighted by atomic mass is 10.1. The normalized spacial score (nSPS) is 11.1. The van der Waals surface area contributed by atoms with E-state index in [2.05, 4.69) is 5.32 Å². The van der Waals surface area contributed by atoms with Gasteiger partial charge in [0.1, 0.15) is 11.4 Å². The van der Waals surface area contributed by atoms with Crippen LogP contribution in [0.25, 0.3) is 11.1 Å². The number of hydrogen-bond acceptors (Lipinski definition) is 5. The highest BCUT2D eigenvalue weighted by molar-refractivity contribution is 6.06. The number of nitrogens with zero attached hydrogens (tertiary/aromatic N) is 2. The molecule has 0 saturated carbocycles. The van der Waals surface area contributed by atoms with Crippen molar-refractivity contribution in [3.8, 4) is 22.6 Å². The van der Waals surface area contributed by atoms with Crippen LogP contribution in [0.3, 0.4) is 0 Å². The third kappa shape index (κ3) is 5.92. The monoisotopic (exact) mass is 521 g/mol. The highest BCUT2D eigenvalue weighted by atomic mass is 19.4. The highest BCUT2D eigenvalue weighted by Crippen LogP contribution is 2.38. The summed E-state index contributed by atoms with van der Waals surface area (Å²) < 4.78 is 46.1. The fraction of sp³-hybridized carbons (Fsp3) is 0.107. The number of hydrogen-bond donors (Lipinski definition) is 1. The van der Waals surface area contributed by atoms with Gasteiger partial charge in [0.05, 0.1) is 16.2 Å². The Morgan fingerprint density at radius 1 is 0.895 bits per heavy atom. The van der Waals surface area contributed by atoms with Gasteiger partial charge >= 0.3 is 6.18 Å². The van der Waals surface area contributed by atoms with Crippen LogP contribution < -0.4 is 15.0 Å². The van der Waals surface area contributed by atoms with E-state index in [0.717, 1.165) is 35.4 Å². The van der Waals surface area contributed by atoms with Crippen LogP contribution in [0.2, 0.25) is 0 Å². The number of amides is 1. The summed E-state index contributed by atoms with van der Waals surface area (Å²) in [6, 6.07) is 23.1. The molecule has 0 fully saturated rings. The van der Waals surface area contributed by atoms with Gasteiger partial charge < -0.3 is 15.0 Å². The summed E-state index contributed by atoms with van der Waals surface area (Å²) in [5, 5.41) is 13.9.